The maximum Gasteiger partial charge on any atom is 0.191 e. The lowest BCUT2D eigenvalue weighted by atomic mass is 10.1. The third-order valence-corrected chi connectivity index (χ3v) is 3.84. The number of guanidine groups is 1. The fourth-order valence-electron chi connectivity index (χ4n) is 2.24. The predicted octanol–water partition coefficient (Wildman–Crippen LogP) is 2.24. The lowest BCUT2D eigenvalue weighted by molar-refractivity contribution is 0.696. The average molecular weight is 294 g/mol. The highest BCUT2D eigenvalue weighted by Crippen LogP contribution is 2.40. The van der Waals surface area contributed by atoms with E-state index < -0.39 is 0 Å². The molecule has 2 atom stereocenters. The van der Waals surface area contributed by atoms with Crippen molar-refractivity contribution < 1.29 is 0 Å². The van der Waals surface area contributed by atoms with Crippen LogP contribution in [0.1, 0.15) is 24.3 Å². The molecule has 2 aliphatic rings. The molecule has 0 aromatic heterocycles. The molecule has 1 saturated carbocycles. The van der Waals surface area contributed by atoms with Crippen LogP contribution in [0.25, 0.3) is 0 Å². The Morgan fingerprint density at radius 1 is 1.29 bits per heavy atom. The second-order valence-corrected chi connectivity index (χ2v) is 5.57. The number of aliphatic imine (C=N–C) groups is 1. The number of hydrogen-bond acceptors (Lipinski definition) is 3. The summed E-state index contributed by atoms with van der Waals surface area (Å²) in [5.41, 5.74) is 1.42. The first-order valence-electron chi connectivity index (χ1n) is 6.13. The van der Waals surface area contributed by atoms with Gasteiger partial charge in [0, 0.05) is 29.5 Å². The summed E-state index contributed by atoms with van der Waals surface area (Å²) in [5, 5.41) is 6.79. The molecular weight excluding hydrogens is 278 g/mol. The van der Waals surface area contributed by atoms with E-state index in [0.717, 1.165) is 29.9 Å². The molecule has 4 heteroatoms. The zero-order valence-corrected chi connectivity index (χ0v) is 11.2. The van der Waals surface area contributed by atoms with E-state index in [1.807, 2.05) is 0 Å². The lowest BCUT2D eigenvalue weighted by Crippen LogP contribution is -2.42. The van der Waals surface area contributed by atoms with Crippen molar-refractivity contribution in [1.29, 1.82) is 0 Å². The first kappa shape index (κ1) is 11.1. The normalized spacial score (nSPS) is 27.0. The fourth-order valence-corrected chi connectivity index (χ4v) is 2.50. The molecule has 3 rings (SSSR count). The summed E-state index contributed by atoms with van der Waals surface area (Å²) in [4.78, 5) is 4.44. The van der Waals surface area contributed by atoms with Gasteiger partial charge in [0.25, 0.3) is 0 Å². The summed E-state index contributed by atoms with van der Waals surface area (Å²) in [5.74, 6) is 1.63. The first-order valence-corrected chi connectivity index (χ1v) is 6.92. The monoisotopic (exact) mass is 293 g/mol. The van der Waals surface area contributed by atoms with Gasteiger partial charge < -0.3 is 10.6 Å². The molecule has 0 unspecified atom stereocenters. The van der Waals surface area contributed by atoms with Crippen molar-refractivity contribution in [2.45, 2.75) is 24.8 Å². The molecule has 1 heterocycles. The topological polar surface area (TPSA) is 36.4 Å². The van der Waals surface area contributed by atoms with E-state index >= 15 is 0 Å². The second kappa shape index (κ2) is 4.69. The first-order chi connectivity index (χ1) is 8.33. The molecule has 90 valence electrons. The molecule has 0 spiro atoms. The highest BCUT2D eigenvalue weighted by molar-refractivity contribution is 9.10. The Balaban J connectivity index is 1.59. The Bertz CT molecular complexity index is 427. The van der Waals surface area contributed by atoms with Crippen LogP contribution >= 0.6 is 15.9 Å². The Morgan fingerprint density at radius 2 is 2.12 bits per heavy atom. The summed E-state index contributed by atoms with van der Waals surface area (Å²) in [6.07, 6.45) is 2.36. The van der Waals surface area contributed by atoms with Crippen molar-refractivity contribution in [2.24, 2.45) is 4.99 Å². The highest BCUT2D eigenvalue weighted by atomic mass is 79.9. The van der Waals surface area contributed by atoms with Crippen molar-refractivity contribution in [2.75, 3.05) is 13.1 Å². The predicted molar refractivity (Wildman–Crippen MR) is 73.3 cm³/mol. The zero-order chi connectivity index (χ0) is 11.7. The maximum atomic E-state index is 4.44. The summed E-state index contributed by atoms with van der Waals surface area (Å²) in [6, 6.07) is 9.18. The minimum atomic E-state index is 0.556. The van der Waals surface area contributed by atoms with Gasteiger partial charge in [0.15, 0.2) is 5.96 Å². The molecule has 1 aliphatic heterocycles. The molecule has 0 saturated heterocycles. The summed E-state index contributed by atoms with van der Waals surface area (Å²) in [7, 11) is 0. The number of benzene rings is 1. The quantitative estimate of drug-likeness (QED) is 0.877. The lowest BCUT2D eigenvalue weighted by Gasteiger charge is -2.16. The van der Waals surface area contributed by atoms with Crippen molar-refractivity contribution in [1.82, 2.24) is 10.6 Å². The van der Waals surface area contributed by atoms with E-state index in [-0.39, 0.29) is 0 Å². The van der Waals surface area contributed by atoms with Gasteiger partial charge in [0.2, 0.25) is 0 Å². The molecule has 17 heavy (non-hydrogen) atoms. The van der Waals surface area contributed by atoms with E-state index in [9.17, 15) is 0 Å². The Hall–Kier alpha value is -1.03. The Labute approximate surface area is 110 Å². The maximum absolute atomic E-state index is 4.44. The van der Waals surface area contributed by atoms with E-state index in [0.29, 0.717) is 12.0 Å². The van der Waals surface area contributed by atoms with Gasteiger partial charge in [0.1, 0.15) is 0 Å². The van der Waals surface area contributed by atoms with Crippen molar-refractivity contribution in [3.63, 3.8) is 0 Å². The molecular formula is C13H16BrN3. The minimum absolute atomic E-state index is 0.556. The van der Waals surface area contributed by atoms with Crippen molar-refractivity contribution >= 4 is 21.9 Å². The van der Waals surface area contributed by atoms with Crippen LogP contribution < -0.4 is 10.6 Å². The SMILES string of the molecule is Brc1ccc([C@@H]2C[C@H]2NC2=NCCCN2)cc1. The van der Waals surface area contributed by atoms with Crippen LogP contribution in [0.15, 0.2) is 33.7 Å². The summed E-state index contributed by atoms with van der Waals surface area (Å²) < 4.78 is 1.14. The van der Waals surface area contributed by atoms with E-state index in [1.165, 1.54) is 12.0 Å². The molecule has 2 N–H and O–H groups in total. The molecule has 0 bridgehead atoms. The van der Waals surface area contributed by atoms with Gasteiger partial charge in [-0.1, -0.05) is 28.1 Å². The van der Waals surface area contributed by atoms with E-state index in [1.54, 1.807) is 0 Å². The number of halogens is 1. The number of nitrogens with one attached hydrogen (secondary N) is 2. The van der Waals surface area contributed by atoms with Crippen LogP contribution in [0, 0.1) is 0 Å². The summed E-state index contributed by atoms with van der Waals surface area (Å²) in [6.45, 7) is 1.99. The van der Waals surface area contributed by atoms with Gasteiger partial charge in [-0.25, -0.2) is 0 Å². The molecule has 1 fully saturated rings. The van der Waals surface area contributed by atoms with Gasteiger partial charge in [-0.2, -0.15) is 0 Å². The minimum Gasteiger partial charge on any atom is -0.356 e. The average Bonchev–Trinajstić information content (AvgIpc) is 3.11. The van der Waals surface area contributed by atoms with E-state index in [2.05, 4.69) is 55.8 Å². The molecule has 1 aromatic rings. The third-order valence-electron chi connectivity index (χ3n) is 3.31. The molecule has 1 aromatic carbocycles. The molecule has 3 nitrogen and oxygen atoms in total. The smallest absolute Gasteiger partial charge is 0.191 e. The van der Waals surface area contributed by atoms with Crippen LogP contribution in [0.4, 0.5) is 0 Å². The third kappa shape index (κ3) is 2.63. The molecule has 1 aliphatic carbocycles. The zero-order valence-electron chi connectivity index (χ0n) is 9.62. The highest BCUT2D eigenvalue weighted by Gasteiger charge is 2.39. The summed E-state index contributed by atoms with van der Waals surface area (Å²) >= 11 is 3.46. The van der Waals surface area contributed by atoms with Crippen LogP contribution in [0.3, 0.4) is 0 Å². The molecule has 0 amide bonds. The van der Waals surface area contributed by atoms with Crippen molar-refractivity contribution in [3.8, 4) is 0 Å². The second-order valence-electron chi connectivity index (χ2n) is 4.66. The number of nitrogens with zero attached hydrogens (tertiary/aromatic N) is 1. The van der Waals surface area contributed by atoms with Crippen LogP contribution in [0.5, 0.6) is 0 Å². The molecule has 0 radical (unpaired) electrons. The standard InChI is InChI=1S/C13H16BrN3/c14-10-4-2-9(3-5-10)11-8-12(11)17-13-15-6-1-7-16-13/h2-5,11-12H,1,6-8H2,(H2,15,16,17)/t11-,12+/m0/s1. The number of hydrogen-bond donors (Lipinski definition) is 2. The van der Waals surface area contributed by atoms with Gasteiger partial charge in [0.05, 0.1) is 0 Å². The van der Waals surface area contributed by atoms with Gasteiger partial charge in [-0.3, -0.25) is 4.99 Å². The van der Waals surface area contributed by atoms with E-state index in [4.69, 9.17) is 0 Å². The van der Waals surface area contributed by atoms with Gasteiger partial charge in [-0.05, 0) is 30.5 Å². The Kier molecular flexibility index (Phi) is 3.05. The van der Waals surface area contributed by atoms with Crippen LogP contribution in [-0.4, -0.2) is 25.1 Å². The largest absolute Gasteiger partial charge is 0.356 e. The number of rotatable bonds is 2. The Morgan fingerprint density at radius 3 is 2.82 bits per heavy atom. The van der Waals surface area contributed by atoms with Gasteiger partial charge >= 0.3 is 0 Å². The van der Waals surface area contributed by atoms with Crippen LogP contribution in [0.2, 0.25) is 0 Å². The van der Waals surface area contributed by atoms with Gasteiger partial charge in [-0.15, -0.1) is 0 Å². The van der Waals surface area contributed by atoms with Crippen LogP contribution in [-0.2, 0) is 0 Å². The van der Waals surface area contributed by atoms with Crippen molar-refractivity contribution in [3.05, 3.63) is 34.3 Å². The fraction of sp³-hybridized carbons (Fsp3) is 0.462.